The van der Waals surface area contributed by atoms with Crippen molar-refractivity contribution in [2.45, 2.75) is 13.5 Å². The first-order chi connectivity index (χ1) is 20.5. The normalized spacial score (nSPS) is 14.1. The molecular formula is C36H37N5O. The zero-order chi connectivity index (χ0) is 28.9. The van der Waals surface area contributed by atoms with E-state index in [-0.39, 0.29) is 5.91 Å². The van der Waals surface area contributed by atoms with Gasteiger partial charge in [-0.2, -0.15) is 0 Å². The summed E-state index contributed by atoms with van der Waals surface area (Å²) in [6.07, 6.45) is 0. The number of imidazole rings is 1. The largest absolute Gasteiger partial charge is 0.327 e. The maximum absolute atomic E-state index is 12.9. The molecule has 6 heteroatoms. The number of nitrogens with one attached hydrogen (secondary N) is 1. The Morgan fingerprint density at radius 1 is 0.714 bits per heavy atom. The molecule has 212 valence electrons. The van der Waals surface area contributed by atoms with Gasteiger partial charge in [-0.05, 0) is 36.8 Å². The highest BCUT2D eigenvalue weighted by atomic mass is 16.2. The SMILES string of the molecule is Cc1ccc(CN2CCN(CC(=O)Nc3ccc(-c4nc(-c5ccccc5)c(-c5ccccc5)n4C)cc3)CC2)cc1. The highest BCUT2D eigenvalue weighted by molar-refractivity contribution is 5.92. The van der Waals surface area contributed by atoms with Gasteiger partial charge in [-0.25, -0.2) is 4.98 Å². The van der Waals surface area contributed by atoms with Gasteiger partial charge in [-0.3, -0.25) is 14.6 Å². The van der Waals surface area contributed by atoms with Crippen LogP contribution >= 0.6 is 0 Å². The molecule has 42 heavy (non-hydrogen) atoms. The Kier molecular flexibility index (Phi) is 8.26. The summed E-state index contributed by atoms with van der Waals surface area (Å²) in [4.78, 5) is 22.7. The van der Waals surface area contributed by atoms with E-state index in [0.717, 1.165) is 72.3 Å². The Balaban J connectivity index is 1.09. The zero-order valence-corrected chi connectivity index (χ0v) is 24.3. The second-order valence-corrected chi connectivity index (χ2v) is 11.1. The van der Waals surface area contributed by atoms with Crippen molar-refractivity contribution < 1.29 is 4.79 Å². The molecule has 1 aliphatic heterocycles. The first-order valence-electron chi connectivity index (χ1n) is 14.6. The maximum Gasteiger partial charge on any atom is 0.238 e. The molecule has 0 unspecified atom stereocenters. The van der Waals surface area contributed by atoms with Gasteiger partial charge in [0.1, 0.15) is 5.82 Å². The second-order valence-electron chi connectivity index (χ2n) is 11.1. The molecule has 1 N–H and O–H groups in total. The van der Waals surface area contributed by atoms with Crippen molar-refractivity contribution in [3.05, 3.63) is 120 Å². The molecule has 0 spiro atoms. The maximum atomic E-state index is 12.9. The van der Waals surface area contributed by atoms with E-state index in [2.05, 4.69) is 94.3 Å². The number of rotatable bonds is 8. The van der Waals surface area contributed by atoms with Crippen LogP contribution in [0.5, 0.6) is 0 Å². The number of benzene rings is 4. The third kappa shape index (κ3) is 6.35. The van der Waals surface area contributed by atoms with Crippen LogP contribution in [0.15, 0.2) is 109 Å². The van der Waals surface area contributed by atoms with E-state index in [1.165, 1.54) is 11.1 Å². The number of aryl methyl sites for hydroxylation is 1. The molecule has 1 aromatic heterocycles. The predicted molar refractivity (Wildman–Crippen MR) is 171 cm³/mol. The predicted octanol–water partition coefficient (Wildman–Crippen LogP) is 6.49. The van der Waals surface area contributed by atoms with Crippen molar-refractivity contribution in [3.8, 4) is 33.9 Å². The number of piperazine rings is 1. The second kappa shape index (κ2) is 12.6. The molecule has 6 rings (SSSR count). The average molecular weight is 556 g/mol. The fourth-order valence-electron chi connectivity index (χ4n) is 5.64. The monoisotopic (exact) mass is 555 g/mol. The van der Waals surface area contributed by atoms with Crippen LogP contribution in [0.1, 0.15) is 11.1 Å². The summed E-state index contributed by atoms with van der Waals surface area (Å²) in [5.74, 6) is 0.901. The van der Waals surface area contributed by atoms with Crippen molar-refractivity contribution in [1.29, 1.82) is 0 Å². The van der Waals surface area contributed by atoms with E-state index >= 15 is 0 Å². The summed E-state index contributed by atoms with van der Waals surface area (Å²) >= 11 is 0. The molecule has 1 aliphatic rings. The molecule has 6 nitrogen and oxygen atoms in total. The Bertz CT molecular complexity index is 1620. The zero-order valence-electron chi connectivity index (χ0n) is 24.3. The number of carbonyl (C=O) groups excluding carboxylic acids is 1. The molecule has 0 bridgehead atoms. The van der Waals surface area contributed by atoms with Crippen molar-refractivity contribution in [1.82, 2.24) is 19.4 Å². The summed E-state index contributed by atoms with van der Waals surface area (Å²) in [5.41, 5.74) is 8.66. The van der Waals surface area contributed by atoms with Gasteiger partial charge in [-0.1, -0.05) is 90.5 Å². The lowest BCUT2D eigenvalue weighted by Gasteiger charge is -2.34. The van der Waals surface area contributed by atoms with E-state index in [1.807, 2.05) is 48.5 Å². The molecular weight excluding hydrogens is 518 g/mol. The van der Waals surface area contributed by atoms with Crippen LogP contribution in [0.3, 0.4) is 0 Å². The lowest BCUT2D eigenvalue weighted by atomic mass is 10.1. The smallest absolute Gasteiger partial charge is 0.238 e. The van der Waals surface area contributed by atoms with Crippen molar-refractivity contribution in [2.24, 2.45) is 7.05 Å². The number of amides is 1. The van der Waals surface area contributed by atoms with Crippen molar-refractivity contribution in [3.63, 3.8) is 0 Å². The summed E-state index contributed by atoms with van der Waals surface area (Å²) in [6, 6.07) is 37.4. The quantitative estimate of drug-likeness (QED) is 0.238. The van der Waals surface area contributed by atoms with Crippen LogP contribution in [-0.2, 0) is 18.4 Å². The number of hydrogen-bond donors (Lipinski definition) is 1. The Hall–Kier alpha value is -4.52. The Morgan fingerprint density at radius 2 is 1.31 bits per heavy atom. The third-order valence-electron chi connectivity index (χ3n) is 7.98. The van der Waals surface area contributed by atoms with Gasteiger partial charge in [0.05, 0.1) is 17.9 Å². The first kappa shape index (κ1) is 27.6. The average Bonchev–Trinajstić information content (AvgIpc) is 3.37. The summed E-state index contributed by atoms with van der Waals surface area (Å²) < 4.78 is 2.16. The van der Waals surface area contributed by atoms with Crippen LogP contribution in [0.4, 0.5) is 5.69 Å². The van der Waals surface area contributed by atoms with Crippen LogP contribution in [-0.4, -0.2) is 58.0 Å². The van der Waals surface area contributed by atoms with Gasteiger partial charge in [0, 0.05) is 62.1 Å². The lowest BCUT2D eigenvalue weighted by molar-refractivity contribution is -0.117. The number of aromatic nitrogens is 2. The van der Waals surface area contributed by atoms with E-state index in [9.17, 15) is 4.79 Å². The molecule has 0 aliphatic carbocycles. The molecule has 0 saturated carbocycles. The molecule has 2 heterocycles. The standard InChI is InChI=1S/C36H37N5O/c1-27-13-15-28(16-14-27)25-40-21-23-41(24-22-40)26-33(42)37-32-19-17-31(18-20-32)36-38-34(29-9-5-3-6-10-29)35(39(36)2)30-11-7-4-8-12-30/h3-20H,21-26H2,1-2H3,(H,37,42). The molecule has 0 radical (unpaired) electrons. The lowest BCUT2D eigenvalue weighted by Crippen LogP contribution is -2.48. The van der Waals surface area contributed by atoms with Gasteiger partial charge < -0.3 is 9.88 Å². The Morgan fingerprint density at radius 3 is 1.95 bits per heavy atom. The van der Waals surface area contributed by atoms with Crippen LogP contribution in [0, 0.1) is 6.92 Å². The highest BCUT2D eigenvalue weighted by Gasteiger charge is 2.21. The van der Waals surface area contributed by atoms with Gasteiger partial charge in [0.2, 0.25) is 5.91 Å². The van der Waals surface area contributed by atoms with Gasteiger partial charge in [-0.15, -0.1) is 0 Å². The van der Waals surface area contributed by atoms with Crippen LogP contribution in [0.2, 0.25) is 0 Å². The molecule has 4 aromatic carbocycles. The van der Waals surface area contributed by atoms with E-state index < -0.39 is 0 Å². The number of anilines is 1. The fraction of sp³-hybridized carbons (Fsp3) is 0.222. The van der Waals surface area contributed by atoms with Crippen molar-refractivity contribution in [2.75, 3.05) is 38.0 Å². The Labute approximate surface area is 248 Å². The fourth-order valence-corrected chi connectivity index (χ4v) is 5.64. The minimum Gasteiger partial charge on any atom is -0.327 e. The summed E-state index contributed by atoms with van der Waals surface area (Å²) in [5, 5.41) is 3.09. The number of nitrogens with zero attached hydrogens (tertiary/aromatic N) is 4. The molecule has 1 fully saturated rings. The van der Waals surface area contributed by atoms with Gasteiger partial charge >= 0.3 is 0 Å². The van der Waals surface area contributed by atoms with Crippen LogP contribution < -0.4 is 5.32 Å². The number of hydrogen-bond acceptors (Lipinski definition) is 4. The minimum absolute atomic E-state index is 0.0180. The van der Waals surface area contributed by atoms with Gasteiger partial charge in [0.15, 0.2) is 0 Å². The molecule has 0 atom stereocenters. The van der Waals surface area contributed by atoms with E-state index in [1.54, 1.807) is 0 Å². The van der Waals surface area contributed by atoms with Gasteiger partial charge in [0.25, 0.3) is 0 Å². The third-order valence-corrected chi connectivity index (χ3v) is 7.98. The first-order valence-corrected chi connectivity index (χ1v) is 14.6. The summed E-state index contributed by atoms with van der Waals surface area (Å²) in [7, 11) is 2.06. The van der Waals surface area contributed by atoms with Crippen molar-refractivity contribution >= 4 is 11.6 Å². The number of carbonyl (C=O) groups is 1. The minimum atomic E-state index is 0.0180. The van der Waals surface area contributed by atoms with E-state index in [4.69, 9.17) is 4.98 Å². The van der Waals surface area contributed by atoms with Crippen LogP contribution in [0.25, 0.3) is 33.9 Å². The molecule has 1 saturated heterocycles. The molecule has 1 amide bonds. The summed E-state index contributed by atoms with van der Waals surface area (Å²) in [6.45, 7) is 7.20. The molecule has 5 aromatic rings. The highest BCUT2D eigenvalue weighted by Crippen LogP contribution is 2.35. The van der Waals surface area contributed by atoms with E-state index in [0.29, 0.717) is 6.54 Å². The topological polar surface area (TPSA) is 53.4 Å².